The van der Waals surface area contributed by atoms with Crippen molar-refractivity contribution in [3.8, 4) is 0 Å². The molecule has 1 fully saturated rings. The Morgan fingerprint density at radius 2 is 2.09 bits per heavy atom. The smallest absolute Gasteiger partial charge is 0.298 e. The SMILES string of the molecule is Cn1cc(Nc2ncc(C3CN(c4nc5ccc(C6=CCCCC6)cc5o4)C3)nc2C(N)=O)cn1. The molecule has 178 valence electrons. The number of allylic oxidation sites excluding steroid dienone is 2. The van der Waals surface area contributed by atoms with Gasteiger partial charge in [-0.25, -0.2) is 9.97 Å². The van der Waals surface area contributed by atoms with E-state index in [2.05, 4.69) is 48.5 Å². The van der Waals surface area contributed by atoms with Crippen LogP contribution in [0.15, 0.2) is 47.3 Å². The molecule has 0 saturated carbocycles. The highest BCUT2D eigenvalue weighted by atomic mass is 16.4. The van der Waals surface area contributed by atoms with E-state index in [0.29, 0.717) is 30.6 Å². The maximum absolute atomic E-state index is 12.0. The number of nitrogens with two attached hydrogens (primary N) is 1. The highest BCUT2D eigenvalue weighted by Crippen LogP contribution is 2.34. The summed E-state index contributed by atoms with van der Waals surface area (Å²) >= 11 is 0. The van der Waals surface area contributed by atoms with Crippen LogP contribution >= 0.6 is 0 Å². The molecule has 1 aliphatic heterocycles. The number of anilines is 3. The molecule has 1 amide bonds. The molecule has 1 aliphatic carbocycles. The van der Waals surface area contributed by atoms with Gasteiger partial charge in [-0.3, -0.25) is 9.48 Å². The Labute approximate surface area is 201 Å². The zero-order valence-electron chi connectivity index (χ0n) is 19.4. The zero-order chi connectivity index (χ0) is 23.9. The first-order chi connectivity index (χ1) is 17.0. The molecule has 3 aromatic heterocycles. The number of rotatable bonds is 6. The van der Waals surface area contributed by atoms with Crippen LogP contribution in [0.2, 0.25) is 0 Å². The van der Waals surface area contributed by atoms with Gasteiger partial charge >= 0.3 is 0 Å². The molecule has 0 atom stereocenters. The normalized spacial score (nSPS) is 16.3. The van der Waals surface area contributed by atoms with Gasteiger partial charge in [-0.05, 0) is 49.0 Å². The molecule has 0 radical (unpaired) electrons. The van der Waals surface area contributed by atoms with Crippen LogP contribution in [0, 0.1) is 0 Å². The van der Waals surface area contributed by atoms with Gasteiger partial charge in [0.2, 0.25) is 0 Å². The monoisotopic (exact) mass is 470 g/mol. The molecule has 10 heteroatoms. The van der Waals surface area contributed by atoms with E-state index < -0.39 is 5.91 Å². The summed E-state index contributed by atoms with van der Waals surface area (Å²) in [6.45, 7) is 1.35. The summed E-state index contributed by atoms with van der Waals surface area (Å²) in [4.78, 5) is 27.7. The van der Waals surface area contributed by atoms with Crippen molar-refractivity contribution in [1.29, 1.82) is 0 Å². The molecule has 4 aromatic rings. The van der Waals surface area contributed by atoms with Crippen LogP contribution in [0.4, 0.5) is 17.5 Å². The lowest BCUT2D eigenvalue weighted by atomic mass is 9.94. The Hall–Kier alpha value is -4.21. The van der Waals surface area contributed by atoms with Gasteiger partial charge in [0.15, 0.2) is 17.1 Å². The summed E-state index contributed by atoms with van der Waals surface area (Å²) in [5, 5.41) is 7.16. The number of aromatic nitrogens is 5. The molecule has 2 aliphatic rings. The van der Waals surface area contributed by atoms with Crippen LogP contribution in [0.3, 0.4) is 0 Å². The molecule has 0 spiro atoms. The summed E-state index contributed by atoms with van der Waals surface area (Å²) in [5.41, 5.74) is 11.4. The standard InChI is InChI=1S/C25H26N8O2/c1-32-14-18(10-28-32)29-24-22(23(26)34)30-20(11-27-24)17-12-33(13-17)25-31-19-8-7-16(9-21(19)35-25)15-5-3-2-4-6-15/h5,7-11,14,17H,2-4,6,12-13H2,1H3,(H2,26,34)(H,27,29). The zero-order valence-corrected chi connectivity index (χ0v) is 19.4. The first-order valence-electron chi connectivity index (χ1n) is 11.8. The Bertz CT molecular complexity index is 1450. The summed E-state index contributed by atoms with van der Waals surface area (Å²) in [5.74, 6) is -0.218. The lowest BCUT2D eigenvalue weighted by Gasteiger charge is -2.37. The third-order valence-electron chi connectivity index (χ3n) is 6.60. The van der Waals surface area contributed by atoms with E-state index in [1.54, 1.807) is 30.3 Å². The molecular formula is C25H26N8O2. The number of carbonyl (C=O) groups excluding carboxylic acids is 1. The second-order valence-electron chi connectivity index (χ2n) is 9.14. The van der Waals surface area contributed by atoms with Crippen molar-refractivity contribution < 1.29 is 9.21 Å². The second kappa shape index (κ2) is 8.53. The van der Waals surface area contributed by atoms with E-state index in [1.807, 2.05) is 6.07 Å². The maximum Gasteiger partial charge on any atom is 0.298 e. The number of benzene rings is 1. The lowest BCUT2D eigenvalue weighted by molar-refractivity contribution is 0.0995. The van der Waals surface area contributed by atoms with Crippen LogP contribution < -0.4 is 16.0 Å². The van der Waals surface area contributed by atoms with Gasteiger partial charge in [-0.1, -0.05) is 12.1 Å². The molecule has 35 heavy (non-hydrogen) atoms. The van der Waals surface area contributed by atoms with Crippen molar-refractivity contribution in [2.24, 2.45) is 12.8 Å². The van der Waals surface area contributed by atoms with Crippen LogP contribution in [0.1, 0.15) is 53.3 Å². The molecule has 4 heterocycles. The first-order valence-corrected chi connectivity index (χ1v) is 11.8. The molecule has 3 N–H and O–H groups in total. The van der Waals surface area contributed by atoms with Crippen molar-refractivity contribution in [2.75, 3.05) is 23.3 Å². The maximum atomic E-state index is 12.0. The van der Waals surface area contributed by atoms with Gasteiger partial charge < -0.3 is 20.4 Å². The molecule has 1 saturated heterocycles. The van der Waals surface area contributed by atoms with Gasteiger partial charge in [-0.2, -0.15) is 10.1 Å². The summed E-state index contributed by atoms with van der Waals surface area (Å²) in [6.07, 6.45) is 12.2. The van der Waals surface area contributed by atoms with Crippen LogP contribution in [-0.4, -0.2) is 43.7 Å². The number of aryl methyl sites for hydroxylation is 1. The molecule has 6 rings (SSSR count). The number of hydrogen-bond donors (Lipinski definition) is 2. The number of primary amides is 1. The van der Waals surface area contributed by atoms with Gasteiger partial charge in [0.25, 0.3) is 11.9 Å². The molecule has 0 bridgehead atoms. The van der Waals surface area contributed by atoms with Crippen LogP contribution in [0.25, 0.3) is 16.7 Å². The highest BCUT2D eigenvalue weighted by molar-refractivity contribution is 5.96. The predicted molar refractivity (Wildman–Crippen MR) is 132 cm³/mol. The quantitative estimate of drug-likeness (QED) is 0.436. The van der Waals surface area contributed by atoms with E-state index in [0.717, 1.165) is 29.6 Å². The Morgan fingerprint density at radius 3 is 2.83 bits per heavy atom. The van der Waals surface area contributed by atoms with E-state index >= 15 is 0 Å². The van der Waals surface area contributed by atoms with Crippen molar-refractivity contribution in [2.45, 2.75) is 31.6 Å². The van der Waals surface area contributed by atoms with Gasteiger partial charge in [0, 0.05) is 32.3 Å². The van der Waals surface area contributed by atoms with Gasteiger partial charge in [0.1, 0.15) is 5.52 Å². The minimum Gasteiger partial charge on any atom is -0.423 e. The van der Waals surface area contributed by atoms with E-state index in [4.69, 9.17) is 10.2 Å². The summed E-state index contributed by atoms with van der Waals surface area (Å²) in [7, 11) is 1.81. The number of fused-ring (bicyclic) bond motifs is 1. The average Bonchev–Trinajstić information content (AvgIpc) is 3.44. The Morgan fingerprint density at radius 1 is 1.20 bits per heavy atom. The molecule has 1 aromatic carbocycles. The van der Waals surface area contributed by atoms with Gasteiger partial charge in [0.05, 0.1) is 23.8 Å². The number of amides is 1. The third kappa shape index (κ3) is 4.11. The van der Waals surface area contributed by atoms with Gasteiger partial charge in [-0.15, -0.1) is 0 Å². The van der Waals surface area contributed by atoms with E-state index in [9.17, 15) is 4.79 Å². The van der Waals surface area contributed by atoms with Crippen LogP contribution in [0.5, 0.6) is 0 Å². The number of oxazole rings is 1. The fourth-order valence-corrected chi connectivity index (χ4v) is 4.65. The van der Waals surface area contributed by atoms with Crippen molar-refractivity contribution in [1.82, 2.24) is 24.7 Å². The van der Waals surface area contributed by atoms with Crippen molar-refractivity contribution in [3.05, 3.63) is 59.8 Å². The fourth-order valence-electron chi connectivity index (χ4n) is 4.65. The third-order valence-corrected chi connectivity index (χ3v) is 6.60. The Balaban J connectivity index is 1.17. The lowest BCUT2D eigenvalue weighted by Crippen LogP contribution is -2.45. The van der Waals surface area contributed by atoms with Crippen molar-refractivity contribution in [3.63, 3.8) is 0 Å². The fraction of sp³-hybridized carbons (Fsp3) is 0.320. The summed E-state index contributed by atoms with van der Waals surface area (Å²) < 4.78 is 7.75. The molecular weight excluding hydrogens is 444 g/mol. The predicted octanol–water partition coefficient (Wildman–Crippen LogP) is 3.76. The highest BCUT2D eigenvalue weighted by Gasteiger charge is 2.33. The minimum atomic E-state index is -0.634. The molecule has 10 nitrogen and oxygen atoms in total. The van der Waals surface area contributed by atoms with Crippen molar-refractivity contribution >= 4 is 40.1 Å². The topological polar surface area (TPSA) is 128 Å². The number of nitrogens with one attached hydrogen (secondary N) is 1. The number of hydrogen-bond acceptors (Lipinski definition) is 8. The van der Waals surface area contributed by atoms with E-state index in [1.165, 1.54) is 24.0 Å². The largest absolute Gasteiger partial charge is 0.423 e. The minimum absolute atomic E-state index is 0.103. The number of nitrogens with zero attached hydrogens (tertiary/aromatic N) is 6. The van der Waals surface area contributed by atoms with Crippen LogP contribution in [-0.2, 0) is 7.05 Å². The second-order valence-corrected chi connectivity index (χ2v) is 9.14. The number of carbonyl (C=O) groups is 1. The first kappa shape index (κ1) is 21.3. The molecule has 0 unspecified atom stereocenters. The van der Waals surface area contributed by atoms with E-state index in [-0.39, 0.29) is 11.6 Å². The Kier molecular flexibility index (Phi) is 5.20. The average molecular weight is 471 g/mol. The summed E-state index contributed by atoms with van der Waals surface area (Å²) in [6, 6.07) is 6.86.